The lowest BCUT2D eigenvalue weighted by atomic mass is 10.1. The van der Waals surface area contributed by atoms with Gasteiger partial charge in [-0.3, -0.25) is 4.79 Å². The first kappa shape index (κ1) is 17.0. The van der Waals surface area contributed by atoms with E-state index in [1.165, 1.54) is 4.68 Å². The van der Waals surface area contributed by atoms with Gasteiger partial charge in [0.15, 0.2) is 0 Å². The predicted octanol–water partition coefficient (Wildman–Crippen LogP) is 3.63. The van der Waals surface area contributed by atoms with Crippen LogP contribution in [0.5, 0.6) is 0 Å². The normalized spacial score (nSPS) is 11.2. The van der Waals surface area contributed by atoms with Crippen LogP contribution < -0.4 is 5.76 Å². The van der Waals surface area contributed by atoms with E-state index in [1.54, 1.807) is 30.3 Å². The van der Waals surface area contributed by atoms with Crippen LogP contribution in [0.4, 0.5) is 0 Å². The van der Waals surface area contributed by atoms with Gasteiger partial charge >= 0.3 is 5.76 Å². The summed E-state index contributed by atoms with van der Waals surface area (Å²) in [4.78, 5) is 24.3. The molecule has 0 bridgehead atoms. The van der Waals surface area contributed by atoms with Gasteiger partial charge in [-0.05, 0) is 59.3 Å². The molecule has 0 aliphatic heterocycles. The standard InChI is InChI=1S/C17H10ClIN4O3/c1-8-3-2-4-11(18)13(8)16(24)23-12-7-9(15-20-21-17(25)26-15)5-6-10(12)14(19)22-23/h2-7H,1H3,(H,21,25). The summed E-state index contributed by atoms with van der Waals surface area (Å²) in [6.45, 7) is 1.82. The van der Waals surface area contributed by atoms with Crippen molar-refractivity contribution >= 4 is 51.0 Å². The summed E-state index contributed by atoms with van der Waals surface area (Å²) in [6.07, 6.45) is 0. The van der Waals surface area contributed by atoms with Gasteiger partial charge in [-0.2, -0.15) is 9.78 Å². The second-order valence-corrected chi connectivity index (χ2v) is 7.02. The third-order valence-corrected chi connectivity index (χ3v) is 5.06. The molecule has 4 aromatic rings. The van der Waals surface area contributed by atoms with E-state index in [1.807, 2.05) is 13.0 Å². The Morgan fingerprint density at radius 1 is 1.31 bits per heavy atom. The highest BCUT2D eigenvalue weighted by Crippen LogP contribution is 2.28. The van der Waals surface area contributed by atoms with Gasteiger partial charge in [0.05, 0.1) is 16.1 Å². The molecule has 0 unspecified atom stereocenters. The van der Waals surface area contributed by atoms with E-state index < -0.39 is 5.76 Å². The molecular weight excluding hydrogens is 471 g/mol. The average Bonchev–Trinajstić information content (AvgIpc) is 3.18. The highest BCUT2D eigenvalue weighted by atomic mass is 127. The Kier molecular flexibility index (Phi) is 4.16. The van der Waals surface area contributed by atoms with Crippen molar-refractivity contribution in [2.45, 2.75) is 6.92 Å². The van der Waals surface area contributed by atoms with Crippen molar-refractivity contribution < 1.29 is 9.21 Å². The predicted molar refractivity (Wildman–Crippen MR) is 104 cm³/mol. The summed E-state index contributed by atoms with van der Waals surface area (Å²) < 4.78 is 6.97. The number of aromatic amines is 1. The molecule has 2 aromatic heterocycles. The summed E-state index contributed by atoms with van der Waals surface area (Å²) in [5, 5.41) is 11.6. The molecule has 26 heavy (non-hydrogen) atoms. The Labute approximate surface area is 165 Å². The molecule has 1 N–H and O–H groups in total. The Bertz CT molecular complexity index is 1200. The van der Waals surface area contributed by atoms with Gasteiger partial charge in [-0.1, -0.05) is 23.7 Å². The van der Waals surface area contributed by atoms with Crippen molar-refractivity contribution in [1.29, 1.82) is 0 Å². The lowest BCUT2D eigenvalue weighted by Crippen LogP contribution is -2.15. The number of carbonyl (C=O) groups is 1. The topological polar surface area (TPSA) is 93.8 Å². The minimum Gasteiger partial charge on any atom is -0.388 e. The second kappa shape index (κ2) is 6.36. The van der Waals surface area contributed by atoms with E-state index in [0.717, 1.165) is 10.9 Å². The largest absolute Gasteiger partial charge is 0.434 e. The number of nitrogens with one attached hydrogen (secondary N) is 1. The number of carbonyl (C=O) groups excluding carboxylic acids is 1. The number of hydrogen-bond donors (Lipinski definition) is 1. The lowest BCUT2D eigenvalue weighted by Gasteiger charge is -2.08. The molecule has 0 saturated heterocycles. The van der Waals surface area contributed by atoms with Crippen LogP contribution >= 0.6 is 34.2 Å². The Morgan fingerprint density at radius 2 is 2.12 bits per heavy atom. The summed E-state index contributed by atoms with van der Waals surface area (Å²) in [5.74, 6) is -0.839. The van der Waals surface area contributed by atoms with Crippen LogP contribution in [0.1, 0.15) is 15.9 Å². The van der Waals surface area contributed by atoms with Crippen molar-refractivity contribution in [3.8, 4) is 11.5 Å². The summed E-state index contributed by atoms with van der Waals surface area (Å²) >= 11 is 8.30. The molecule has 2 aromatic carbocycles. The third-order valence-electron chi connectivity index (χ3n) is 3.95. The van der Waals surface area contributed by atoms with E-state index in [4.69, 9.17) is 16.0 Å². The SMILES string of the molecule is Cc1cccc(Cl)c1C(=O)n1nc(I)c2ccc(-c3n[nH]c(=O)o3)cc21. The van der Waals surface area contributed by atoms with Gasteiger partial charge in [0.25, 0.3) is 5.91 Å². The molecule has 0 aliphatic carbocycles. The van der Waals surface area contributed by atoms with Gasteiger partial charge in [0.1, 0.15) is 3.70 Å². The van der Waals surface area contributed by atoms with Crippen LogP contribution in [0.3, 0.4) is 0 Å². The minimum atomic E-state index is -0.647. The number of H-pyrrole nitrogens is 1. The van der Waals surface area contributed by atoms with Crippen molar-refractivity contribution in [1.82, 2.24) is 20.0 Å². The van der Waals surface area contributed by atoms with Crippen molar-refractivity contribution in [2.75, 3.05) is 0 Å². The quantitative estimate of drug-likeness (QED) is 0.442. The summed E-state index contributed by atoms with van der Waals surface area (Å²) in [5.41, 5.74) is 2.28. The maximum absolute atomic E-state index is 13.1. The molecule has 0 spiro atoms. The Morgan fingerprint density at radius 3 is 2.81 bits per heavy atom. The minimum absolute atomic E-state index is 0.140. The van der Waals surface area contributed by atoms with Crippen LogP contribution in [0.25, 0.3) is 22.4 Å². The number of hydrogen-bond acceptors (Lipinski definition) is 5. The molecule has 0 aliphatic rings. The number of aryl methyl sites for hydroxylation is 1. The van der Waals surface area contributed by atoms with E-state index in [0.29, 0.717) is 25.4 Å². The molecule has 0 saturated carbocycles. The molecule has 130 valence electrons. The highest BCUT2D eigenvalue weighted by Gasteiger charge is 2.21. The van der Waals surface area contributed by atoms with Gasteiger partial charge in [0, 0.05) is 10.9 Å². The molecule has 0 atom stereocenters. The molecule has 0 fully saturated rings. The first-order valence-corrected chi connectivity index (χ1v) is 8.95. The van der Waals surface area contributed by atoms with Crippen LogP contribution in [0, 0.1) is 10.6 Å². The summed E-state index contributed by atoms with van der Waals surface area (Å²) in [7, 11) is 0. The zero-order valence-electron chi connectivity index (χ0n) is 13.3. The van der Waals surface area contributed by atoms with Crippen molar-refractivity contribution in [3.63, 3.8) is 0 Å². The van der Waals surface area contributed by atoms with Gasteiger partial charge < -0.3 is 4.42 Å². The first-order valence-electron chi connectivity index (χ1n) is 7.49. The highest BCUT2D eigenvalue weighted by molar-refractivity contribution is 14.1. The second-order valence-electron chi connectivity index (χ2n) is 5.59. The molecular formula is C17H10ClIN4O3. The monoisotopic (exact) mass is 480 g/mol. The first-order chi connectivity index (χ1) is 12.5. The fraction of sp³-hybridized carbons (Fsp3) is 0.0588. The number of benzene rings is 2. The van der Waals surface area contributed by atoms with Gasteiger partial charge in [-0.15, -0.1) is 5.10 Å². The van der Waals surface area contributed by atoms with Crippen LogP contribution in [0.2, 0.25) is 5.02 Å². The maximum Gasteiger partial charge on any atom is 0.434 e. The van der Waals surface area contributed by atoms with Crippen LogP contribution in [-0.2, 0) is 0 Å². The Hall–Kier alpha value is -2.46. The maximum atomic E-state index is 13.1. The Balaban J connectivity index is 1.92. The van der Waals surface area contributed by atoms with Gasteiger partial charge in [0.2, 0.25) is 5.89 Å². The number of aromatic nitrogens is 4. The van der Waals surface area contributed by atoms with E-state index in [-0.39, 0.29) is 11.8 Å². The number of rotatable bonds is 2. The zero-order chi connectivity index (χ0) is 18.4. The average molecular weight is 481 g/mol. The van der Waals surface area contributed by atoms with Crippen LogP contribution in [-0.4, -0.2) is 25.9 Å². The van der Waals surface area contributed by atoms with E-state index >= 15 is 0 Å². The lowest BCUT2D eigenvalue weighted by molar-refractivity contribution is 0.0949. The van der Waals surface area contributed by atoms with E-state index in [2.05, 4.69) is 37.9 Å². The molecule has 2 heterocycles. The zero-order valence-corrected chi connectivity index (χ0v) is 16.2. The van der Waals surface area contributed by atoms with Gasteiger partial charge in [-0.25, -0.2) is 9.89 Å². The third kappa shape index (κ3) is 2.74. The van der Waals surface area contributed by atoms with Crippen LogP contribution in [0.15, 0.2) is 45.6 Å². The number of fused-ring (bicyclic) bond motifs is 1. The fourth-order valence-electron chi connectivity index (χ4n) is 2.73. The molecule has 0 amide bonds. The van der Waals surface area contributed by atoms with Crippen molar-refractivity contribution in [3.05, 3.63) is 66.8 Å². The number of halogens is 2. The summed E-state index contributed by atoms with van der Waals surface area (Å²) in [6, 6.07) is 10.5. The number of nitrogens with zero attached hydrogens (tertiary/aromatic N) is 3. The van der Waals surface area contributed by atoms with E-state index in [9.17, 15) is 9.59 Å². The molecule has 7 nitrogen and oxygen atoms in total. The van der Waals surface area contributed by atoms with Crippen molar-refractivity contribution in [2.24, 2.45) is 0 Å². The molecule has 9 heteroatoms. The molecule has 4 rings (SSSR count). The smallest absolute Gasteiger partial charge is 0.388 e. The fourth-order valence-corrected chi connectivity index (χ4v) is 3.70. The molecule has 0 radical (unpaired) electrons.